The van der Waals surface area contributed by atoms with Gasteiger partial charge >= 0.3 is 0 Å². The van der Waals surface area contributed by atoms with Crippen molar-refractivity contribution in [2.45, 2.75) is 33.2 Å². The van der Waals surface area contributed by atoms with E-state index in [0.29, 0.717) is 18.2 Å². The fourth-order valence-corrected chi connectivity index (χ4v) is 3.51. The molecule has 1 heterocycles. The summed E-state index contributed by atoms with van der Waals surface area (Å²) in [6.07, 6.45) is 0. The molecule has 0 aliphatic carbocycles. The fourth-order valence-electron chi connectivity index (χ4n) is 2.70. The molecule has 2 amide bonds. The van der Waals surface area contributed by atoms with Crippen LogP contribution in [0.1, 0.15) is 48.3 Å². The molecule has 0 aliphatic rings. The van der Waals surface area contributed by atoms with E-state index in [4.69, 9.17) is 0 Å². The Hall–Kier alpha value is -2.99. The van der Waals surface area contributed by atoms with E-state index < -0.39 is 0 Å². The Labute approximate surface area is 168 Å². The Morgan fingerprint density at radius 2 is 1.71 bits per heavy atom. The van der Waals surface area contributed by atoms with E-state index in [-0.39, 0.29) is 11.8 Å². The maximum Gasteiger partial charge on any atom is 0.271 e. The van der Waals surface area contributed by atoms with Gasteiger partial charge in [-0.15, -0.1) is 11.3 Å². The lowest BCUT2D eigenvalue weighted by atomic mass is 10.0. The summed E-state index contributed by atoms with van der Waals surface area (Å²) in [5.41, 5.74) is 4.39. The minimum absolute atomic E-state index is 0.112. The molecule has 0 bridgehead atoms. The Balaban J connectivity index is 1.60. The van der Waals surface area contributed by atoms with E-state index in [0.717, 1.165) is 21.8 Å². The molecule has 0 saturated heterocycles. The third-order valence-corrected chi connectivity index (χ3v) is 5.18. The van der Waals surface area contributed by atoms with Crippen LogP contribution in [0.3, 0.4) is 0 Å². The summed E-state index contributed by atoms with van der Waals surface area (Å²) in [6.45, 7) is 6.19. The number of amides is 2. The molecule has 144 valence electrons. The number of hydrogen-bond donors (Lipinski definition) is 2. The van der Waals surface area contributed by atoms with Crippen molar-refractivity contribution in [2.75, 3.05) is 5.32 Å². The molecule has 2 N–H and O–H groups in total. The van der Waals surface area contributed by atoms with Crippen molar-refractivity contribution in [3.05, 3.63) is 70.7 Å². The second-order valence-corrected chi connectivity index (χ2v) is 7.73. The highest BCUT2D eigenvalue weighted by Gasteiger charge is 2.12. The highest BCUT2D eigenvalue weighted by Crippen LogP contribution is 2.25. The lowest BCUT2D eigenvalue weighted by Crippen LogP contribution is -2.23. The number of benzene rings is 2. The van der Waals surface area contributed by atoms with Gasteiger partial charge < -0.3 is 10.6 Å². The van der Waals surface area contributed by atoms with Gasteiger partial charge in [0.1, 0.15) is 10.7 Å². The zero-order chi connectivity index (χ0) is 20.1. The van der Waals surface area contributed by atoms with Gasteiger partial charge in [-0.3, -0.25) is 9.59 Å². The van der Waals surface area contributed by atoms with Crippen molar-refractivity contribution >= 4 is 28.8 Å². The Kier molecular flexibility index (Phi) is 6.21. The molecule has 0 saturated carbocycles. The minimum atomic E-state index is -0.202. The highest BCUT2D eigenvalue weighted by atomic mass is 32.1. The first kappa shape index (κ1) is 19.8. The average molecular weight is 394 g/mol. The summed E-state index contributed by atoms with van der Waals surface area (Å²) in [5, 5.41) is 8.21. The van der Waals surface area contributed by atoms with Gasteiger partial charge in [0, 0.05) is 30.1 Å². The van der Waals surface area contributed by atoms with Crippen LogP contribution >= 0.6 is 11.3 Å². The van der Waals surface area contributed by atoms with Crippen molar-refractivity contribution in [1.29, 1.82) is 0 Å². The Bertz CT molecular complexity index is 960. The Morgan fingerprint density at radius 1 is 1.04 bits per heavy atom. The summed E-state index contributed by atoms with van der Waals surface area (Å²) in [5.74, 6) is 0.172. The fraction of sp³-hybridized carbons (Fsp3) is 0.227. The molecule has 1 aromatic heterocycles. The van der Waals surface area contributed by atoms with Gasteiger partial charge in [0.15, 0.2) is 0 Å². The molecule has 0 atom stereocenters. The van der Waals surface area contributed by atoms with Crippen molar-refractivity contribution in [1.82, 2.24) is 10.3 Å². The molecular formula is C22H23N3O2S. The van der Waals surface area contributed by atoms with Crippen LogP contribution in [0.15, 0.2) is 53.9 Å². The summed E-state index contributed by atoms with van der Waals surface area (Å²) in [6, 6.07) is 15.7. The first-order valence-corrected chi connectivity index (χ1v) is 10.0. The number of rotatable bonds is 6. The summed E-state index contributed by atoms with van der Waals surface area (Å²) < 4.78 is 0. The molecule has 0 fully saturated rings. The normalized spacial score (nSPS) is 10.7. The molecule has 5 nitrogen and oxygen atoms in total. The van der Waals surface area contributed by atoms with E-state index >= 15 is 0 Å². The van der Waals surface area contributed by atoms with Crippen LogP contribution in [0.5, 0.6) is 0 Å². The van der Waals surface area contributed by atoms with Gasteiger partial charge in [0.05, 0.1) is 0 Å². The molecule has 3 aromatic rings. The molecule has 0 aliphatic heterocycles. The van der Waals surface area contributed by atoms with Crippen molar-refractivity contribution in [2.24, 2.45) is 0 Å². The van der Waals surface area contributed by atoms with Gasteiger partial charge in [-0.25, -0.2) is 4.98 Å². The lowest BCUT2D eigenvalue weighted by Gasteiger charge is -2.06. The molecule has 0 radical (unpaired) electrons. The maximum atomic E-state index is 12.4. The van der Waals surface area contributed by atoms with Crippen molar-refractivity contribution in [3.63, 3.8) is 0 Å². The van der Waals surface area contributed by atoms with Crippen molar-refractivity contribution in [3.8, 4) is 10.6 Å². The van der Waals surface area contributed by atoms with E-state index in [1.165, 1.54) is 23.8 Å². The Morgan fingerprint density at radius 3 is 2.32 bits per heavy atom. The zero-order valence-corrected chi connectivity index (χ0v) is 17.0. The van der Waals surface area contributed by atoms with Crippen LogP contribution in [0.4, 0.5) is 5.69 Å². The maximum absolute atomic E-state index is 12.4. The number of carbonyl (C=O) groups is 2. The monoisotopic (exact) mass is 393 g/mol. The number of aromatic nitrogens is 1. The molecular weight excluding hydrogens is 370 g/mol. The second kappa shape index (κ2) is 8.80. The van der Waals surface area contributed by atoms with Crippen LogP contribution in [0.25, 0.3) is 10.6 Å². The molecule has 28 heavy (non-hydrogen) atoms. The van der Waals surface area contributed by atoms with Gasteiger partial charge in [-0.05, 0) is 29.2 Å². The van der Waals surface area contributed by atoms with Gasteiger partial charge in [-0.1, -0.05) is 50.2 Å². The van der Waals surface area contributed by atoms with Crippen LogP contribution in [0, 0.1) is 0 Å². The molecule has 3 rings (SSSR count). The minimum Gasteiger partial charge on any atom is -0.347 e. The van der Waals surface area contributed by atoms with Gasteiger partial charge in [-0.2, -0.15) is 0 Å². The number of thiazole rings is 1. The summed E-state index contributed by atoms with van der Waals surface area (Å²) in [7, 11) is 0. The summed E-state index contributed by atoms with van der Waals surface area (Å²) >= 11 is 1.46. The number of anilines is 1. The van der Waals surface area contributed by atoms with Crippen molar-refractivity contribution < 1.29 is 9.59 Å². The lowest BCUT2D eigenvalue weighted by molar-refractivity contribution is -0.114. The number of hydrogen-bond acceptors (Lipinski definition) is 4. The molecule has 0 spiro atoms. The van der Waals surface area contributed by atoms with E-state index in [2.05, 4.69) is 41.6 Å². The third kappa shape index (κ3) is 5.04. The summed E-state index contributed by atoms with van der Waals surface area (Å²) in [4.78, 5) is 27.9. The van der Waals surface area contributed by atoms with Crippen LogP contribution in [-0.4, -0.2) is 16.8 Å². The van der Waals surface area contributed by atoms with Gasteiger partial charge in [0.2, 0.25) is 5.91 Å². The topological polar surface area (TPSA) is 71.1 Å². The number of nitrogens with one attached hydrogen (secondary N) is 2. The number of nitrogens with zero attached hydrogens (tertiary/aromatic N) is 1. The van der Waals surface area contributed by atoms with E-state index in [1.807, 2.05) is 36.4 Å². The van der Waals surface area contributed by atoms with E-state index in [9.17, 15) is 9.59 Å². The average Bonchev–Trinajstić information content (AvgIpc) is 3.17. The van der Waals surface area contributed by atoms with Crippen LogP contribution in [0.2, 0.25) is 0 Å². The highest BCUT2D eigenvalue weighted by molar-refractivity contribution is 7.13. The quantitative estimate of drug-likeness (QED) is 0.631. The molecule has 6 heteroatoms. The number of carbonyl (C=O) groups excluding carboxylic acids is 2. The van der Waals surface area contributed by atoms with Gasteiger partial charge in [0.25, 0.3) is 5.91 Å². The predicted octanol–water partition coefficient (Wildman–Crippen LogP) is 4.82. The third-order valence-electron chi connectivity index (χ3n) is 4.29. The predicted molar refractivity (Wildman–Crippen MR) is 114 cm³/mol. The second-order valence-electron chi connectivity index (χ2n) is 6.88. The first-order valence-electron chi connectivity index (χ1n) is 9.13. The molecule has 0 unspecified atom stereocenters. The van der Waals surface area contributed by atoms with E-state index in [1.54, 1.807) is 5.38 Å². The van der Waals surface area contributed by atoms with Crippen LogP contribution in [-0.2, 0) is 11.3 Å². The smallest absolute Gasteiger partial charge is 0.271 e. The standard InChI is InChI=1S/C22H23N3O2S/c1-14(2)17-6-8-18(9-7-17)22-25-20(13-28-22)21(27)23-12-16-4-10-19(11-5-16)24-15(3)26/h4-11,13-14H,12H2,1-3H3,(H,23,27)(H,24,26). The largest absolute Gasteiger partial charge is 0.347 e. The van der Waals surface area contributed by atoms with Crippen LogP contribution < -0.4 is 10.6 Å². The SMILES string of the molecule is CC(=O)Nc1ccc(CNC(=O)c2csc(-c3ccc(C(C)C)cc3)n2)cc1. The molecule has 2 aromatic carbocycles. The zero-order valence-electron chi connectivity index (χ0n) is 16.2. The first-order chi connectivity index (χ1) is 13.4.